The first-order valence-electron chi connectivity index (χ1n) is 9.15. The highest BCUT2D eigenvalue weighted by atomic mass is 16.5. The number of rotatable bonds is 6. The molecule has 6 nitrogen and oxygen atoms in total. The van der Waals surface area contributed by atoms with Crippen molar-refractivity contribution in [2.75, 3.05) is 51.9 Å². The van der Waals surface area contributed by atoms with Crippen LogP contribution in [0.5, 0.6) is 17.2 Å². The van der Waals surface area contributed by atoms with Gasteiger partial charge in [0.2, 0.25) is 0 Å². The molecule has 1 fully saturated rings. The van der Waals surface area contributed by atoms with Crippen molar-refractivity contribution in [1.29, 1.82) is 0 Å². The lowest BCUT2D eigenvalue weighted by Gasteiger charge is -2.36. The molecule has 1 amide bonds. The normalized spacial score (nSPS) is 14.0. The molecule has 1 saturated heterocycles. The van der Waals surface area contributed by atoms with E-state index in [-0.39, 0.29) is 5.91 Å². The highest BCUT2D eigenvalue weighted by molar-refractivity contribution is 5.95. The molecular weight excluding hydrogens is 344 g/mol. The second-order valence-corrected chi connectivity index (χ2v) is 6.28. The molecule has 1 heterocycles. The summed E-state index contributed by atoms with van der Waals surface area (Å²) in [6, 6.07) is 13.3. The summed E-state index contributed by atoms with van der Waals surface area (Å²) < 4.78 is 16.2. The van der Waals surface area contributed by atoms with Crippen LogP contribution in [0.15, 0.2) is 42.5 Å². The van der Waals surface area contributed by atoms with Crippen LogP contribution in [0.2, 0.25) is 0 Å². The molecule has 0 N–H and O–H groups in total. The molecule has 0 aliphatic carbocycles. The van der Waals surface area contributed by atoms with Crippen LogP contribution < -0.4 is 19.1 Å². The summed E-state index contributed by atoms with van der Waals surface area (Å²) in [4.78, 5) is 17.0. The standard InChI is InChI=1S/C21H26N2O4/c1-4-27-20-14-16(8-9-19(20)26-3)21(24)23-12-10-22(11-13-23)17-6-5-7-18(15-17)25-2/h5-9,14-15H,4,10-13H2,1-3H3. The molecule has 0 aromatic heterocycles. The number of anilines is 1. The summed E-state index contributed by atoms with van der Waals surface area (Å²) >= 11 is 0. The molecule has 3 rings (SSSR count). The fourth-order valence-corrected chi connectivity index (χ4v) is 3.24. The molecule has 2 aromatic carbocycles. The molecule has 0 atom stereocenters. The molecular formula is C21H26N2O4. The number of ether oxygens (including phenoxy) is 3. The van der Waals surface area contributed by atoms with Crippen LogP contribution in [-0.2, 0) is 0 Å². The van der Waals surface area contributed by atoms with Crippen LogP contribution in [0.4, 0.5) is 5.69 Å². The number of amides is 1. The van der Waals surface area contributed by atoms with Gasteiger partial charge in [-0.05, 0) is 37.3 Å². The van der Waals surface area contributed by atoms with Crippen molar-refractivity contribution >= 4 is 11.6 Å². The average Bonchev–Trinajstić information content (AvgIpc) is 2.73. The van der Waals surface area contributed by atoms with Crippen molar-refractivity contribution < 1.29 is 19.0 Å². The Kier molecular flexibility index (Phi) is 6.06. The van der Waals surface area contributed by atoms with Gasteiger partial charge >= 0.3 is 0 Å². The second kappa shape index (κ2) is 8.66. The van der Waals surface area contributed by atoms with Crippen LogP contribution >= 0.6 is 0 Å². The average molecular weight is 370 g/mol. The number of carbonyl (C=O) groups is 1. The minimum atomic E-state index is 0.0175. The monoisotopic (exact) mass is 370 g/mol. The first-order chi connectivity index (χ1) is 13.2. The van der Waals surface area contributed by atoms with Gasteiger partial charge in [-0.1, -0.05) is 6.07 Å². The van der Waals surface area contributed by atoms with E-state index in [0.29, 0.717) is 36.8 Å². The number of benzene rings is 2. The number of hydrogen-bond donors (Lipinski definition) is 0. The third kappa shape index (κ3) is 4.27. The fourth-order valence-electron chi connectivity index (χ4n) is 3.24. The Morgan fingerprint density at radius 1 is 0.963 bits per heavy atom. The summed E-state index contributed by atoms with van der Waals surface area (Å²) in [6.07, 6.45) is 0. The largest absolute Gasteiger partial charge is 0.497 e. The van der Waals surface area contributed by atoms with Gasteiger partial charge in [-0.15, -0.1) is 0 Å². The minimum absolute atomic E-state index is 0.0175. The van der Waals surface area contributed by atoms with Crippen molar-refractivity contribution in [3.8, 4) is 17.2 Å². The van der Waals surface area contributed by atoms with Gasteiger partial charge in [-0.25, -0.2) is 0 Å². The Labute approximate surface area is 160 Å². The fraction of sp³-hybridized carbons (Fsp3) is 0.381. The summed E-state index contributed by atoms with van der Waals surface area (Å²) in [5.41, 5.74) is 1.73. The maximum absolute atomic E-state index is 12.9. The van der Waals surface area contributed by atoms with Gasteiger partial charge in [-0.3, -0.25) is 4.79 Å². The van der Waals surface area contributed by atoms with Gasteiger partial charge in [0.25, 0.3) is 5.91 Å². The van der Waals surface area contributed by atoms with Crippen molar-refractivity contribution in [1.82, 2.24) is 4.90 Å². The molecule has 6 heteroatoms. The highest BCUT2D eigenvalue weighted by Crippen LogP contribution is 2.29. The van der Waals surface area contributed by atoms with Gasteiger partial charge in [0.15, 0.2) is 11.5 Å². The van der Waals surface area contributed by atoms with E-state index in [2.05, 4.69) is 11.0 Å². The zero-order chi connectivity index (χ0) is 19.2. The SMILES string of the molecule is CCOc1cc(C(=O)N2CCN(c3cccc(OC)c3)CC2)ccc1OC. The van der Waals surface area contributed by atoms with E-state index in [1.807, 2.05) is 30.0 Å². The quantitative estimate of drug-likeness (QED) is 0.782. The highest BCUT2D eigenvalue weighted by Gasteiger charge is 2.23. The number of carbonyl (C=O) groups excluding carboxylic acids is 1. The Bertz CT molecular complexity index is 786. The number of nitrogens with zero attached hydrogens (tertiary/aromatic N) is 2. The number of piperazine rings is 1. The lowest BCUT2D eigenvalue weighted by molar-refractivity contribution is 0.0746. The molecule has 2 aromatic rings. The molecule has 0 saturated carbocycles. The Morgan fingerprint density at radius 3 is 2.41 bits per heavy atom. The Hall–Kier alpha value is -2.89. The second-order valence-electron chi connectivity index (χ2n) is 6.28. The van der Waals surface area contributed by atoms with Crippen molar-refractivity contribution in [2.24, 2.45) is 0 Å². The first kappa shape index (κ1) is 18.9. The van der Waals surface area contributed by atoms with Gasteiger partial charge in [0.05, 0.1) is 20.8 Å². The van der Waals surface area contributed by atoms with Crippen LogP contribution in [-0.4, -0.2) is 57.8 Å². The zero-order valence-corrected chi connectivity index (χ0v) is 16.1. The minimum Gasteiger partial charge on any atom is -0.497 e. The summed E-state index contributed by atoms with van der Waals surface area (Å²) in [5.74, 6) is 2.09. The first-order valence-corrected chi connectivity index (χ1v) is 9.15. The van der Waals surface area contributed by atoms with Gasteiger partial charge in [0.1, 0.15) is 5.75 Å². The number of hydrogen-bond acceptors (Lipinski definition) is 5. The molecule has 1 aliphatic rings. The van der Waals surface area contributed by atoms with E-state index in [1.165, 1.54) is 0 Å². The third-order valence-electron chi connectivity index (χ3n) is 4.70. The smallest absolute Gasteiger partial charge is 0.254 e. The van der Waals surface area contributed by atoms with Gasteiger partial charge in [0, 0.05) is 43.5 Å². The molecule has 144 valence electrons. The van der Waals surface area contributed by atoms with Crippen molar-refractivity contribution in [3.05, 3.63) is 48.0 Å². The molecule has 0 bridgehead atoms. The lowest BCUT2D eigenvalue weighted by atomic mass is 10.1. The number of methoxy groups -OCH3 is 2. The maximum atomic E-state index is 12.9. The van der Waals surface area contributed by atoms with Gasteiger partial charge in [-0.2, -0.15) is 0 Å². The van der Waals surface area contributed by atoms with Crippen molar-refractivity contribution in [2.45, 2.75) is 6.92 Å². The van der Waals surface area contributed by atoms with E-state index < -0.39 is 0 Å². The third-order valence-corrected chi connectivity index (χ3v) is 4.70. The van der Waals surface area contributed by atoms with E-state index in [0.717, 1.165) is 24.5 Å². The lowest BCUT2D eigenvalue weighted by Crippen LogP contribution is -2.48. The summed E-state index contributed by atoms with van der Waals surface area (Å²) in [5, 5.41) is 0. The van der Waals surface area contributed by atoms with E-state index in [9.17, 15) is 4.79 Å². The Morgan fingerprint density at radius 2 is 1.74 bits per heavy atom. The molecule has 0 spiro atoms. The zero-order valence-electron chi connectivity index (χ0n) is 16.1. The summed E-state index contributed by atoms with van der Waals surface area (Å²) in [7, 11) is 3.26. The van der Waals surface area contributed by atoms with E-state index >= 15 is 0 Å². The van der Waals surface area contributed by atoms with Crippen LogP contribution in [0.1, 0.15) is 17.3 Å². The topological polar surface area (TPSA) is 51.2 Å². The van der Waals surface area contributed by atoms with E-state index in [4.69, 9.17) is 14.2 Å². The maximum Gasteiger partial charge on any atom is 0.254 e. The van der Waals surface area contributed by atoms with E-state index in [1.54, 1.807) is 32.4 Å². The van der Waals surface area contributed by atoms with Crippen LogP contribution in [0.3, 0.4) is 0 Å². The summed E-state index contributed by atoms with van der Waals surface area (Å²) in [6.45, 7) is 5.35. The van der Waals surface area contributed by atoms with Crippen molar-refractivity contribution in [3.63, 3.8) is 0 Å². The predicted molar refractivity (Wildman–Crippen MR) is 105 cm³/mol. The molecule has 1 aliphatic heterocycles. The molecule has 0 unspecified atom stereocenters. The molecule has 0 radical (unpaired) electrons. The van der Waals surface area contributed by atoms with Crippen LogP contribution in [0, 0.1) is 0 Å². The van der Waals surface area contributed by atoms with Gasteiger partial charge < -0.3 is 24.0 Å². The molecule has 27 heavy (non-hydrogen) atoms. The Balaban J connectivity index is 1.67. The predicted octanol–water partition coefficient (Wildman–Crippen LogP) is 3.06. The van der Waals surface area contributed by atoms with Crippen LogP contribution in [0.25, 0.3) is 0 Å².